The minimum absolute atomic E-state index is 0.238. The lowest BCUT2D eigenvalue weighted by molar-refractivity contribution is 0.0322. The summed E-state index contributed by atoms with van der Waals surface area (Å²) >= 11 is 5.93. The molecule has 1 aromatic heterocycles. The molecule has 0 unspecified atom stereocenters. The van der Waals surface area contributed by atoms with Crippen LogP contribution in [0.5, 0.6) is 5.75 Å². The summed E-state index contributed by atoms with van der Waals surface area (Å²) in [5, 5.41) is 0.238. The summed E-state index contributed by atoms with van der Waals surface area (Å²) < 4.78 is 16.6. The maximum absolute atomic E-state index is 5.93. The Kier molecular flexibility index (Phi) is 5.66. The van der Waals surface area contributed by atoms with Crippen molar-refractivity contribution >= 4 is 17.4 Å². The molecule has 2 fully saturated rings. The quantitative estimate of drug-likeness (QED) is 0.736. The van der Waals surface area contributed by atoms with E-state index in [1.165, 1.54) is 0 Å². The number of halogens is 1. The van der Waals surface area contributed by atoms with Gasteiger partial charge in [-0.3, -0.25) is 4.90 Å². The first-order chi connectivity index (χ1) is 10.8. The molecule has 3 rings (SSSR count). The molecule has 2 aliphatic heterocycles. The van der Waals surface area contributed by atoms with Crippen molar-refractivity contribution < 1.29 is 14.2 Å². The molecule has 2 aliphatic rings. The Balaban J connectivity index is 1.59. The van der Waals surface area contributed by atoms with Crippen molar-refractivity contribution in [2.45, 2.75) is 0 Å². The Morgan fingerprint density at radius 2 is 1.77 bits per heavy atom. The fourth-order valence-electron chi connectivity index (χ4n) is 2.55. The second-order valence-corrected chi connectivity index (χ2v) is 5.57. The molecule has 0 bridgehead atoms. The van der Waals surface area contributed by atoms with Crippen LogP contribution in [-0.4, -0.2) is 80.6 Å². The number of ether oxygens (including phenoxy) is 3. The molecule has 0 atom stereocenters. The van der Waals surface area contributed by atoms with E-state index >= 15 is 0 Å². The molecule has 1 aromatic rings. The topological polar surface area (TPSA) is 60.0 Å². The number of hydrogen-bond donors (Lipinski definition) is 0. The highest BCUT2D eigenvalue weighted by molar-refractivity contribution is 6.28. The van der Waals surface area contributed by atoms with Gasteiger partial charge in [-0.25, -0.2) is 4.98 Å². The van der Waals surface area contributed by atoms with Gasteiger partial charge in [0.05, 0.1) is 32.6 Å². The Bertz CT molecular complexity index is 479. The van der Waals surface area contributed by atoms with E-state index < -0.39 is 0 Å². The van der Waals surface area contributed by atoms with E-state index in [1.807, 2.05) is 0 Å². The van der Waals surface area contributed by atoms with Crippen LogP contribution in [0.1, 0.15) is 0 Å². The fraction of sp³-hybridized carbons (Fsp3) is 0.714. The van der Waals surface area contributed by atoms with Crippen LogP contribution in [0.3, 0.4) is 0 Å². The van der Waals surface area contributed by atoms with Crippen LogP contribution in [0.25, 0.3) is 0 Å². The van der Waals surface area contributed by atoms with Crippen LogP contribution in [0, 0.1) is 0 Å². The molecule has 122 valence electrons. The van der Waals surface area contributed by atoms with Gasteiger partial charge in [0, 0.05) is 32.7 Å². The molecule has 0 N–H and O–H groups in total. The average molecular weight is 329 g/mol. The highest BCUT2D eigenvalue weighted by Crippen LogP contribution is 2.27. The predicted octanol–water partition coefficient (Wildman–Crippen LogP) is 0.678. The standard InChI is InChI=1S/C14H21ClN4O3/c15-14-16-11-12(13(17-14)19-4-8-21-9-5-19)22-10-3-18-1-6-20-7-2-18/h11H,1-10H2. The summed E-state index contributed by atoms with van der Waals surface area (Å²) in [6, 6.07) is 0. The lowest BCUT2D eigenvalue weighted by Gasteiger charge is -2.29. The third kappa shape index (κ3) is 4.19. The van der Waals surface area contributed by atoms with Crippen molar-refractivity contribution in [3.05, 3.63) is 11.5 Å². The average Bonchev–Trinajstić information content (AvgIpc) is 2.58. The van der Waals surface area contributed by atoms with Gasteiger partial charge < -0.3 is 19.1 Å². The Labute approximate surface area is 135 Å². The minimum Gasteiger partial charge on any atom is -0.487 e. The predicted molar refractivity (Wildman–Crippen MR) is 82.8 cm³/mol. The zero-order valence-electron chi connectivity index (χ0n) is 12.5. The SMILES string of the molecule is Clc1ncc(OCCN2CCOCC2)c(N2CCOCC2)n1. The molecule has 0 aliphatic carbocycles. The first kappa shape index (κ1) is 15.7. The molecule has 8 heteroatoms. The molecule has 3 heterocycles. The van der Waals surface area contributed by atoms with Crippen LogP contribution in [0.15, 0.2) is 6.20 Å². The number of nitrogens with zero attached hydrogens (tertiary/aromatic N) is 4. The second kappa shape index (κ2) is 7.92. The molecule has 0 saturated carbocycles. The summed E-state index contributed by atoms with van der Waals surface area (Å²) in [5.74, 6) is 1.44. The molecule has 22 heavy (non-hydrogen) atoms. The van der Waals surface area contributed by atoms with E-state index in [4.69, 9.17) is 25.8 Å². The normalized spacial score (nSPS) is 20.1. The third-order valence-electron chi connectivity index (χ3n) is 3.79. The summed E-state index contributed by atoms with van der Waals surface area (Å²) in [4.78, 5) is 12.8. The fourth-order valence-corrected chi connectivity index (χ4v) is 2.68. The number of morpholine rings is 2. The van der Waals surface area contributed by atoms with Crippen molar-refractivity contribution in [2.75, 3.05) is 70.7 Å². The number of aromatic nitrogens is 2. The van der Waals surface area contributed by atoms with Gasteiger partial charge in [0.15, 0.2) is 11.6 Å². The number of rotatable bonds is 5. The zero-order valence-corrected chi connectivity index (χ0v) is 13.3. The highest BCUT2D eigenvalue weighted by atomic mass is 35.5. The lowest BCUT2D eigenvalue weighted by Crippen LogP contribution is -2.39. The summed E-state index contributed by atoms with van der Waals surface area (Å²) in [6.45, 7) is 7.92. The van der Waals surface area contributed by atoms with Crippen molar-refractivity contribution in [3.8, 4) is 5.75 Å². The number of anilines is 1. The highest BCUT2D eigenvalue weighted by Gasteiger charge is 2.19. The third-order valence-corrected chi connectivity index (χ3v) is 3.97. The van der Waals surface area contributed by atoms with Crippen LogP contribution >= 0.6 is 11.6 Å². The van der Waals surface area contributed by atoms with E-state index in [0.717, 1.165) is 51.8 Å². The second-order valence-electron chi connectivity index (χ2n) is 5.23. The summed E-state index contributed by atoms with van der Waals surface area (Å²) in [7, 11) is 0. The minimum atomic E-state index is 0.238. The van der Waals surface area contributed by atoms with E-state index in [1.54, 1.807) is 6.20 Å². The summed E-state index contributed by atoms with van der Waals surface area (Å²) in [5.41, 5.74) is 0. The molecular weight excluding hydrogens is 308 g/mol. The monoisotopic (exact) mass is 328 g/mol. The van der Waals surface area contributed by atoms with Gasteiger partial charge in [0.25, 0.3) is 0 Å². The maximum Gasteiger partial charge on any atom is 0.224 e. The Morgan fingerprint density at radius 1 is 1.09 bits per heavy atom. The maximum atomic E-state index is 5.93. The van der Waals surface area contributed by atoms with Crippen molar-refractivity contribution in [1.29, 1.82) is 0 Å². The number of hydrogen-bond acceptors (Lipinski definition) is 7. The zero-order chi connectivity index (χ0) is 15.2. The van der Waals surface area contributed by atoms with E-state index in [2.05, 4.69) is 19.8 Å². The van der Waals surface area contributed by atoms with Gasteiger partial charge in [-0.05, 0) is 11.6 Å². The van der Waals surface area contributed by atoms with Crippen LogP contribution in [0.2, 0.25) is 5.28 Å². The van der Waals surface area contributed by atoms with Gasteiger partial charge >= 0.3 is 0 Å². The van der Waals surface area contributed by atoms with Gasteiger partial charge in [0.2, 0.25) is 5.28 Å². The van der Waals surface area contributed by atoms with Crippen LogP contribution in [0.4, 0.5) is 5.82 Å². The van der Waals surface area contributed by atoms with Crippen molar-refractivity contribution in [3.63, 3.8) is 0 Å². The van der Waals surface area contributed by atoms with Crippen LogP contribution < -0.4 is 9.64 Å². The summed E-state index contributed by atoms with van der Waals surface area (Å²) in [6.07, 6.45) is 1.65. The molecule has 0 amide bonds. The van der Waals surface area contributed by atoms with Crippen LogP contribution in [-0.2, 0) is 9.47 Å². The lowest BCUT2D eigenvalue weighted by atomic mass is 10.4. The Hall–Kier alpha value is -1.15. The molecule has 0 spiro atoms. The first-order valence-electron chi connectivity index (χ1n) is 7.61. The largest absolute Gasteiger partial charge is 0.487 e. The molecular formula is C14H21ClN4O3. The smallest absolute Gasteiger partial charge is 0.224 e. The van der Waals surface area contributed by atoms with Gasteiger partial charge in [0.1, 0.15) is 6.61 Å². The van der Waals surface area contributed by atoms with Crippen molar-refractivity contribution in [1.82, 2.24) is 14.9 Å². The van der Waals surface area contributed by atoms with E-state index in [9.17, 15) is 0 Å². The van der Waals surface area contributed by atoms with Gasteiger partial charge in [-0.1, -0.05) is 0 Å². The molecule has 7 nitrogen and oxygen atoms in total. The van der Waals surface area contributed by atoms with Crippen molar-refractivity contribution in [2.24, 2.45) is 0 Å². The molecule has 0 radical (unpaired) electrons. The Morgan fingerprint density at radius 3 is 2.50 bits per heavy atom. The molecule has 0 aromatic carbocycles. The van der Waals surface area contributed by atoms with Gasteiger partial charge in [-0.2, -0.15) is 4.98 Å². The van der Waals surface area contributed by atoms with E-state index in [-0.39, 0.29) is 5.28 Å². The molecule has 2 saturated heterocycles. The van der Waals surface area contributed by atoms with Gasteiger partial charge in [-0.15, -0.1) is 0 Å². The van der Waals surface area contributed by atoms with E-state index in [0.29, 0.717) is 25.6 Å². The first-order valence-corrected chi connectivity index (χ1v) is 7.99.